The van der Waals surface area contributed by atoms with Crippen LogP contribution in [0.4, 0.5) is 0 Å². The van der Waals surface area contributed by atoms with E-state index >= 15 is 0 Å². The Bertz CT molecular complexity index is 328. The summed E-state index contributed by atoms with van der Waals surface area (Å²) in [6.45, 7) is 6.59. The number of hydrogen-bond donors (Lipinski definition) is 1. The van der Waals surface area contributed by atoms with Gasteiger partial charge in [0.1, 0.15) is 5.84 Å². The summed E-state index contributed by atoms with van der Waals surface area (Å²) in [5, 5.41) is 0. The molecule has 0 amide bonds. The molecule has 88 valence electrons. The van der Waals surface area contributed by atoms with Gasteiger partial charge in [0.2, 0.25) is 0 Å². The van der Waals surface area contributed by atoms with Crippen molar-refractivity contribution in [3.63, 3.8) is 0 Å². The fourth-order valence-electron chi connectivity index (χ4n) is 1.56. The Morgan fingerprint density at radius 3 is 2.31 bits per heavy atom. The quantitative estimate of drug-likeness (QED) is 0.598. The first-order chi connectivity index (χ1) is 7.59. The summed E-state index contributed by atoms with van der Waals surface area (Å²) in [6.07, 6.45) is 2.30. The van der Waals surface area contributed by atoms with Gasteiger partial charge < -0.3 is 5.73 Å². The third-order valence-corrected chi connectivity index (χ3v) is 2.59. The molecule has 1 atom stereocenters. The molecule has 0 aliphatic rings. The van der Waals surface area contributed by atoms with Gasteiger partial charge in [-0.05, 0) is 25.7 Å². The molecule has 0 fully saturated rings. The molecule has 2 heteroatoms. The molecule has 1 rings (SSSR count). The van der Waals surface area contributed by atoms with Crippen molar-refractivity contribution in [2.75, 3.05) is 0 Å². The van der Waals surface area contributed by atoms with Gasteiger partial charge in [-0.15, -0.1) is 0 Å². The molecule has 2 N–H and O–H groups in total. The second-order valence-corrected chi connectivity index (χ2v) is 4.70. The number of nitrogens with two attached hydrogens (primary N) is 1. The van der Waals surface area contributed by atoms with Crippen LogP contribution in [0.5, 0.6) is 0 Å². The minimum atomic E-state index is 0.308. The summed E-state index contributed by atoms with van der Waals surface area (Å²) >= 11 is 0. The standard InChI is InChI=1S/C14H22N2/c1-11(2)9-10-12(3)16-14(15)13-7-5-4-6-8-13/h4-8,11-12H,9-10H2,1-3H3,(H2,15,16). The lowest BCUT2D eigenvalue weighted by Gasteiger charge is -2.10. The van der Waals surface area contributed by atoms with E-state index in [1.807, 2.05) is 30.3 Å². The van der Waals surface area contributed by atoms with Crippen molar-refractivity contribution in [1.29, 1.82) is 0 Å². The Balaban J connectivity index is 2.56. The van der Waals surface area contributed by atoms with Gasteiger partial charge in [-0.1, -0.05) is 44.2 Å². The predicted molar refractivity (Wildman–Crippen MR) is 70.7 cm³/mol. The Morgan fingerprint density at radius 2 is 1.75 bits per heavy atom. The monoisotopic (exact) mass is 218 g/mol. The largest absolute Gasteiger partial charge is 0.383 e. The second-order valence-electron chi connectivity index (χ2n) is 4.70. The highest BCUT2D eigenvalue weighted by Gasteiger charge is 2.03. The number of hydrogen-bond acceptors (Lipinski definition) is 1. The average molecular weight is 218 g/mol. The smallest absolute Gasteiger partial charge is 0.125 e. The third kappa shape index (κ3) is 4.47. The average Bonchev–Trinajstić information content (AvgIpc) is 2.27. The summed E-state index contributed by atoms with van der Waals surface area (Å²) in [6, 6.07) is 10.2. The number of rotatable bonds is 5. The molecule has 0 saturated heterocycles. The van der Waals surface area contributed by atoms with Gasteiger partial charge >= 0.3 is 0 Å². The van der Waals surface area contributed by atoms with E-state index in [1.165, 1.54) is 6.42 Å². The summed E-state index contributed by atoms with van der Waals surface area (Å²) in [5.41, 5.74) is 6.97. The van der Waals surface area contributed by atoms with Crippen LogP contribution in [0.3, 0.4) is 0 Å². The fourth-order valence-corrected chi connectivity index (χ4v) is 1.56. The van der Waals surface area contributed by atoms with Gasteiger partial charge in [0.15, 0.2) is 0 Å². The molecular weight excluding hydrogens is 196 g/mol. The van der Waals surface area contributed by atoms with E-state index in [9.17, 15) is 0 Å². The zero-order valence-corrected chi connectivity index (χ0v) is 10.5. The summed E-state index contributed by atoms with van der Waals surface area (Å²) < 4.78 is 0. The van der Waals surface area contributed by atoms with Crippen LogP contribution in [0.1, 0.15) is 39.2 Å². The van der Waals surface area contributed by atoms with Crippen molar-refractivity contribution in [3.8, 4) is 0 Å². The van der Waals surface area contributed by atoms with Crippen molar-refractivity contribution in [2.45, 2.75) is 39.7 Å². The summed E-state index contributed by atoms with van der Waals surface area (Å²) in [4.78, 5) is 4.51. The van der Waals surface area contributed by atoms with E-state index in [-0.39, 0.29) is 0 Å². The molecule has 1 aromatic carbocycles. The van der Waals surface area contributed by atoms with Gasteiger partial charge in [0.25, 0.3) is 0 Å². The zero-order chi connectivity index (χ0) is 12.0. The highest BCUT2D eigenvalue weighted by Crippen LogP contribution is 2.09. The van der Waals surface area contributed by atoms with Crippen LogP contribution in [-0.4, -0.2) is 11.9 Å². The van der Waals surface area contributed by atoms with Crippen molar-refractivity contribution in [1.82, 2.24) is 0 Å². The van der Waals surface area contributed by atoms with Crippen molar-refractivity contribution in [3.05, 3.63) is 35.9 Å². The SMILES string of the molecule is CC(C)CCC(C)N=C(N)c1ccccc1. The number of benzene rings is 1. The lowest BCUT2D eigenvalue weighted by molar-refractivity contribution is 0.515. The van der Waals surface area contributed by atoms with Gasteiger partial charge in [0, 0.05) is 11.6 Å². The Labute approximate surface area is 98.6 Å². The summed E-state index contributed by atoms with van der Waals surface area (Å²) in [7, 11) is 0. The van der Waals surface area contributed by atoms with Gasteiger partial charge in [0.05, 0.1) is 0 Å². The second kappa shape index (κ2) is 6.31. The molecule has 0 spiro atoms. The summed E-state index contributed by atoms with van der Waals surface area (Å²) in [5.74, 6) is 1.38. The van der Waals surface area contributed by atoms with E-state index in [2.05, 4.69) is 25.8 Å². The molecule has 1 aromatic rings. The van der Waals surface area contributed by atoms with Crippen LogP contribution >= 0.6 is 0 Å². The first-order valence-electron chi connectivity index (χ1n) is 5.98. The third-order valence-electron chi connectivity index (χ3n) is 2.59. The van der Waals surface area contributed by atoms with Gasteiger partial charge in [-0.3, -0.25) is 4.99 Å². The van der Waals surface area contributed by atoms with Crippen LogP contribution in [0.15, 0.2) is 35.3 Å². The van der Waals surface area contributed by atoms with E-state index in [0.29, 0.717) is 11.9 Å². The topological polar surface area (TPSA) is 38.4 Å². The number of aliphatic imine (C=N–C) groups is 1. The van der Waals surface area contributed by atoms with Crippen LogP contribution in [-0.2, 0) is 0 Å². The van der Waals surface area contributed by atoms with E-state index in [0.717, 1.165) is 17.9 Å². The molecule has 0 aliphatic carbocycles. The maximum absolute atomic E-state index is 5.95. The lowest BCUT2D eigenvalue weighted by atomic mass is 10.0. The highest BCUT2D eigenvalue weighted by molar-refractivity contribution is 5.97. The van der Waals surface area contributed by atoms with Crippen molar-refractivity contribution < 1.29 is 0 Å². The lowest BCUT2D eigenvalue weighted by Crippen LogP contribution is -2.16. The molecule has 2 nitrogen and oxygen atoms in total. The maximum atomic E-state index is 5.95. The molecular formula is C14H22N2. The fraction of sp³-hybridized carbons (Fsp3) is 0.500. The highest BCUT2D eigenvalue weighted by atomic mass is 14.9. The van der Waals surface area contributed by atoms with Gasteiger partial charge in [-0.2, -0.15) is 0 Å². The van der Waals surface area contributed by atoms with Crippen LogP contribution in [0.2, 0.25) is 0 Å². The zero-order valence-electron chi connectivity index (χ0n) is 10.5. The van der Waals surface area contributed by atoms with Crippen molar-refractivity contribution in [2.24, 2.45) is 16.6 Å². The minimum Gasteiger partial charge on any atom is -0.383 e. The van der Waals surface area contributed by atoms with Crippen LogP contribution in [0, 0.1) is 5.92 Å². The van der Waals surface area contributed by atoms with E-state index in [4.69, 9.17) is 5.73 Å². The molecule has 0 saturated carbocycles. The van der Waals surface area contributed by atoms with Gasteiger partial charge in [-0.25, -0.2) is 0 Å². The predicted octanol–water partition coefficient (Wildman–Crippen LogP) is 3.22. The molecule has 0 heterocycles. The minimum absolute atomic E-state index is 0.308. The Kier molecular flexibility index (Phi) is 5.03. The molecule has 0 aromatic heterocycles. The van der Waals surface area contributed by atoms with E-state index in [1.54, 1.807) is 0 Å². The van der Waals surface area contributed by atoms with Crippen molar-refractivity contribution >= 4 is 5.84 Å². The van der Waals surface area contributed by atoms with Crippen LogP contribution < -0.4 is 5.73 Å². The molecule has 16 heavy (non-hydrogen) atoms. The molecule has 0 bridgehead atoms. The number of amidine groups is 1. The normalized spacial score (nSPS) is 14.1. The Morgan fingerprint density at radius 1 is 1.12 bits per heavy atom. The first-order valence-corrected chi connectivity index (χ1v) is 5.98. The maximum Gasteiger partial charge on any atom is 0.125 e. The Hall–Kier alpha value is -1.31. The van der Waals surface area contributed by atoms with E-state index < -0.39 is 0 Å². The number of nitrogens with zero attached hydrogens (tertiary/aromatic N) is 1. The molecule has 0 radical (unpaired) electrons. The van der Waals surface area contributed by atoms with Crippen LogP contribution in [0.25, 0.3) is 0 Å². The first kappa shape index (κ1) is 12.8. The molecule has 0 aliphatic heterocycles. The molecule has 1 unspecified atom stereocenters.